The quantitative estimate of drug-likeness (QED) is 0.864. The molecule has 19 heavy (non-hydrogen) atoms. The molecule has 0 saturated carbocycles. The molecule has 100 valence electrons. The van der Waals surface area contributed by atoms with Crippen molar-refractivity contribution in [2.24, 2.45) is 5.92 Å². The van der Waals surface area contributed by atoms with Gasteiger partial charge in [-0.1, -0.05) is 11.6 Å². The predicted molar refractivity (Wildman–Crippen MR) is 71.6 cm³/mol. The first kappa shape index (κ1) is 12.4. The van der Waals surface area contributed by atoms with E-state index in [4.69, 9.17) is 22.1 Å². The average Bonchev–Trinajstić information content (AvgIpc) is 3.05. The minimum absolute atomic E-state index is 0.465. The Kier molecular flexibility index (Phi) is 3.35. The van der Waals surface area contributed by atoms with Gasteiger partial charge in [0.25, 0.3) is 0 Å². The van der Waals surface area contributed by atoms with Crippen molar-refractivity contribution in [2.45, 2.75) is 13.0 Å². The van der Waals surface area contributed by atoms with Crippen molar-refractivity contribution in [3.63, 3.8) is 0 Å². The minimum atomic E-state index is 0.465. The molecule has 0 radical (unpaired) electrons. The van der Waals surface area contributed by atoms with E-state index in [0.717, 1.165) is 31.7 Å². The van der Waals surface area contributed by atoms with E-state index in [1.54, 1.807) is 16.8 Å². The molecular weight excluding hydrogens is 266 g/mol. The summed E-state index contributed by atoms with van der Waals surface area (Å²) < 4.78 is 7.16. The normalized spacial score (nSPS) is 18.9. The highest BCUT2D eigenvalue weighted by molar-refractivity contribution is 6.33. The Morgan fingerprint density at radius 2 is 2.37 bits per heavy atom. The summed E-state index contributed by atoms with van der Waals surface area (Å²) in [5.74, 6) is 1.17. The first-order chi connectivity index (χ1) is 9.24. The van der Waals surface area contributed by atoms with Crippen LogP contribution in [0.2, 0.25) is 5.02 Å². The number of tetrazole rings is 1. The molecule has 0 aliphatic carbocycles. The molecular formula is C12H14ClN5O. The van der Waals surface area contributed by atoms with Crippen molar-refractivity contribution >= 4 is 17.3 Å². The highest BCUT2D eigenvalue weighted by atomic mass is 35.5. The van der Waals surface area contributed by atoms with Crippen LogP contribution in [0.1, 0.15) is 6.42 Å². The van der Waals surface area contributed by atoms with Crippen LogP contribution in [0.5, 0.6) is 0 Å². The van der Waals surface area contributed by atoms with E-state index in [-0.39, 0.29) is 0 Å². The molecule has 1 aliphatic heterocycles. The standard InChI is InChI=1S/C12H14ClN5O/c13-10-2-1-9(5-11(10)14)12-15-16-17-18(12)6-8-3-4-19-7-8/h1-2,5,8H,3-4,6-7,14H2. The van der Waals surface area contributed by atoms with E-state index in [1.807, 2.05) is 6.07 Å². The summed E-state index contributed by atoms with van der Waals surface area (Å²) in [5.41, 5.74) is 7.20. The molecule has 1 unspecified atom stereocenters. The van der Waals surface area contributed by atoms with Gasteiger partial charge in [-0.2, -0.15) is 0 Å². The molecule has 7 heteroatoms. The molecule has 3 rings (SSSR count). The number of aromatic nitrogens is 4. The molecule has 1 aromatic carbocycles. The maximum Gasteiger partial charge on any atom is 0.182 e. The largest absolute Gasteiger partial charge is 0.398 e. The van der Waals surface area contributed by atoms with Crippen LogP contribution >= 0.6 is 11.6 Å². The van der Waals surface area contributed by atoms with Gasteiger partial charge in [0.15, 0.2) is 5.82 Å². The van der Waals surface area contributed by atoms with Gasteiger partial charge < -0.3 is 10.5 Å². The number of ether oxygens (including phenoxy) is 1. The summed E-state index contributed by atoms with van der Waals surface area (Å²) in [6, 6.07) is 5.41. The third kappa shape index (κ3) is 2.54. The molecule has 1 aromatic heterocycles. The first-order valence-corrected chi connectivity index (χ1v) is 6.51. The summed E-state index contributed by atoms with van der Waals surface area (Å²) in [4.78, 5) is 0. The number of hydrogen-bond acceptors (Lipinski definition) is 5. The van der Waals surface area contributed by atoms with E-state index < -0.39 is 0 Å². The summed E-state index contributed by atoms with van der Waals surface area (Å²) in [6.07, 6.45) is 1.04. The van der Waals surface area contributed by atoms with Crippen molar-refractivity contribution in [3.05, 3.63) is 23.2 Å². The fraction of sp³-hybridized carbons (Fsp3) is 0.417. The monoisotopic (exact) mass is 279 g/mol. The number of nitrogen functional groups attached to an aromatic ring is 1. The number of benzene rings is 1. The molecule has 2 heterocycles. The zero-order valence-corrected chi connectivity index (χ0v) is 11.0. The van der Waals surface area contributed by atoms with Gasteiger partial charge in [0.05, 0.1) is 23.9 Å². The third-order valence-corrected chi connectivity index (χ3v) is 3.59. The van der Waals surface area contributed by atoms with Crippen LogP contribution in [-0.4, -0.2) is 33.4 Å². The zero-order chi connectivity index (χ0) is 13.2. The van der Waals surface area contributed by atoms with Crippen molar-refractivity contribution < 1.29 is 4.74 Å². The van der Waals surface area contributed by atoms with E-state index in [1.165, 1.54) is 0 Å². The molecule has 1 atom stereocenters. The molecule has 2 N–H and O–H groups in total. The second kappa shape index (κ2) is 5.14. The van der Waals surface area contributed by atoms with Gasteiger partial charge in [-0.05, 0) is 35.0 Å². The summed E-state index contributed by atoms with van der Waals surface area (Å²) in [7, 11) is 0. The van der Waals surface area contributed by atoms with Crippen molar-refractivity contribution in [1.29, 1.82) is 0 Å². The van der Waals surface area contributed by atoms with Gasteiger partial charge in [-0.15, -0.1) is 5.10 Å². The molecule has 0 bridgehead atoms. The van der Waals surface area contributed by atoms with Crippen LogP contribution < -0.4 is 5.73 Å². The van der Waals surface area contributed by atoms with Crippen molar-refractivity contribution in [2.75, 3.05) is 18.9 Å². The fourth-order valence-corrected chi connectivity index (χ4v) is 2.31. The number of nitrogens with zero attached hydrogens (tertiary/aromatic N) is 4. The van der Waals surface area contributed by atoms with Crippen LogP contribution in [0.15, 0.2) is 18.2 Å². The highest BCUT2D eigenvalue weighted by Crippen LogP contribution is 2.26. The molecule has 1 fully saturated rings. The summed E-state index contributed by atoms with van der Waals surface area (Å²) in [5, 5.41) is 12.4. The number of anilines is 1. The molecule has 0 amide bonds. The predicted octanol–water partition coefficient (Wildman–Crippen LogP) is 1.61. The molecule has 2 aromatic rings. The first-order valence-electron chi connectivity index (χ1n) is 6.13. The van der Waals surface area contributed by atoms with Crippen LogP contribution in [-0.2, 0) is 11.3 Å². The SMILES string of the molecule is Nc1cc(-c2nnnn2CC2CCOC2)ccc1Cl. The Labute approximate surface area is 115 Å². The van der Waals surface area contributed by atoms with E-state index >= 15 is 0 Å². The van der Waals surface area contributed by atoms with Crippen LogP contribution in [0.4, 0.5) is 5.69 Å². The van der Waals surface area contributed by atoms with Gasteiger partial charge in [-0.3, -0.25) is 0 Å². The molecule has 1 saturated heterocycles. The average molecular weight is 280 g/mol. The van der Waals surface area contributed by atoms with Crippen molar-refractivity contribution in [3.8, 4) is 11.4 Å². The van der Waals surface area contributed by atoms with Crippen molar-refractivity contribution in [1.82, 2.24) is 20.2 Å². The van der Waals surface area contributed by atoms with Gasteiger partial charge in [0.1, 0.15) is 0 Å². The Morgan fingerprint density at radius 1 is 1.47 bits per heavy atom. The Morgan fingerprint density at radius 3 is 3.11 bits per heavy atom. The minimum Gasteiger partial charge on any atom is -0.398 e. The Hall–Kier alpha value is -1.66. The molecule has 1 aliphatic rings. The maximum absolute atomic E-state index is 5.92. The third-order valence-electron chi connectivity index (χ3n) is 3.24. The van der Waals surface area contributed by atoms with Gasteiger partial charge in [0.2, 0.25) is 0 Å². The summed E-state index contributed by atoms with van der Waals surface area (Å²) >= 11 is 5.92. The summed E-state index contributed by atoms with van der Waals surface area (Å²) in [6.45, 7) is 2.34. The maximum atomic E-state index is 5.92. The smallest absolute Gasteiger partial charge is 0.182 e. The van der Waals surface area contributed by atoms with Crippen LogP contribution in [0.3, 0.4) is 0 Å². The molecule has 6 nitrogen and oxygen atoms in total. The lowest BCUT2D eigenvalue weighted by molar-refractivity contribution is 0.181. The number of nitrogens with two attached hydrogens (primary N) is 1. The topological polar surface area (TPSA) is 78.9 Å². The van der Waals surface area contributed by atoms with E-state index in [2.05, 4.69) is 15.5 Å². The number of hydrogen-bond donors (Lipinski definition) is 1. The van der Waals surface area contributed by atoms with Gasteiger partial charge in [0, 0.05) is 18.1 Å². The lowest BCUT2D eigenvalue weighted by atomic mass is 10.1. The second-order valence-electron chi connectivity index (χ2n) is 4.65. The lowest BCUT2D eigenvalue weighted by Crippen LogP contribution is -2.13. The Balaban J connectivity index is 1.87. The zero-order valence-electron chi connectivity index (χ0n) is 10.3. The van der Waals surface area contributed by atoms with Crippen LogP contribution in [0.25, 0.3) is 11.4 Å². The number of rotatable bonds is 3. The van der Waals surface area contributed by atoms with E-state index in [9.17, 15) is 0 Å². The second-order valence-corrected chi connectivity index (χ2v) is 5.06. The Bertz CT molecular complexity index is 579. The van der Waals surface area contributed by atoms with Crippen LogP contribution in [0, 0.1) is 5.92 Å². The lowest BCUT2D eigenvalue weighted by Gasteiger charge is -2.09. The van der Waals surface area contributed by atoms with Gasteiger partial charge in [-0.25, -0.2) is 4.68 Å². The van der Waals surface area contributed by atoms with Gasteiger partial charge >= 0.3 is 0 Å². The highest BCUT2D eigenvalue weighted by Gasteiger charge is 2.19. The number of halogens is 1. The fourth-order valence-electron chi connectivity index (χ4n) is 2.19. The molecule has 0 spiro atoms. The van der Waals surface area contributed by atoms with E-state index in [0.29, 0.717) is 22.5 Å².